The topological polar surface area (TPSA) is 21.3 Å². The third-order valence-electron chi connectivity index (χ3n) is 2.07. The second kappa shape index (κ2) is 5.66. The second-order valence-corrected chi connectivity index (χ2v) is 3.58. The van der Waals surface area contributed by atoms with Crippen LogP contribution in [0.25, 0.3) is 0 Å². The number of likely N-dealkylation sites (N-methyl/N-ethyl adjacent to an activating group) is 1. The Morgan fingerprint density at radius 1 is 1.29 bits per heavy atom. The molecule has 0 fully saturated rings. The normalized spacial score (nSPS) is 12.5. The molecule has 0 spiro atoms. The standard InChI is InChI=1S/C12H19NO/c1-4-13-11(3)9-14-12-7-5-10(2)6-8-12/h5-8,11,13H,4,9H2,1-3H3. The molecule has 1 atom stereocenters. The summed E-state index contributed by atoms with van der Waals surface area (Å²) in [6, 6.07) is 8.55. The Labute approximate surface area is 86.3 Å². The van der Waals surface area contributed by atoms with Gasteiger partial charge in [-0.2, -0.15) is 0 Å². The molecule has 2 nitrogen and oxygen atoms in total. The first-order valence-corrected chi connectivity index (χ1v) is 5.15. The van der Waals surface area contributed by atoms with Gasteiger partial charge >= 0.3 is 0 Å². The molecular formula is C12H19NO. The van der Waals surface area contributed by atoms with Gasteiger partial charge in [-0.25, -0.2) is 0 Å². The minimum absolute atomic E-state index is 0.404. The van der Waals surface area contributed by atoms with Crippen molar-refractivity contribution in [3.8, 4) is 5.75 Å². The van der Waals surface area contributed by atoms with Crippen LogP contribution >= 0.6 is 0 Å². The van der Waals surface area contributed by atoms with Crippen molar-refractivity contribution in [2.75, 3.05) is 13.2 Å². The smallest absolute Gasteiger partial charge is 0.119 e. The number of rotatable bonds is 5. The first-order chi connectivity index (χ1) is 6.72. The molecule has 0 saturated carbocycles. The van der Waals surface area contributed by atoms with Gasteiger partial charge < -0.3 is 10.1 Å². The highest BCUT2D eigenvalue weighted by molar-refractivity contribution is 5.26. The van der Waals surface area contributed by atoms with Crippen molar-refractivity contribution >= 4 is 0 Å². The lowest BCUT2D eigenvalue weighted by Crippen LogP contribution is -2.31. The van der Waals surface area contributed by atoms with Crippen molar-refractivity contribution < 1.29 is 4.74 Å². The van der Waals surface area contributed by atoms with E-state index in [1.54, 1.807) is 0 Å². The van der Waals surface area contributed by atoms with Crippen molar-refractivity contribution in [1.29, 1.82) is 0 Å². The molecule has 14 heavy (non-hydrogen) atoms. The molecule has 1 aromatic carbocycles. The van der Waals surface area contributed by atoms with Gasteiger partial charge in [0.25, 0.3) is 0 Å². The van der Waals surface area contributed by atoms with E-state index in [1.165, 1.54) is 5.56 Å². The number of hydrogen-bond donors (Lipinski definition) is 1. The molecule has 1 N–H and O–H groups in total. The Bertz CT molecular complexity index is 256. The van der Waals surface area contributed by atoms with Crippen LogP contribution in [-0.2, 0) is 0 Å². The molecule has 0 aromatic heterocycles. The lowest BCUT2D eigenvalue weighted by atomic mass is 10.2. The summed E-state index contributed by atoms with van der Waals surface area (Å²) in [5.74, 6) is 0.945. The summed E-state index contributed by atoms with van der Waals surface area (Å²) in [4.78, 5) is 0. The molecule has 0 amide bonds. The summed E-state index contributed by atoms with van der Waals surface area (Å²) >= 11 is 0. The van der Waals surface area contributed by atoms with Crippen LogP contribution < -0.4 is 10.1 Å². The monoisotopic (exact) mass is 193 g/mol. The molecule has 1 rings (SSSR count). The van der Waals surface area contributed by atoms with E-state index in [4.69, 9.17) is 4.74 Å². The molecule has 2 heteroatoms. The minimum atomic E-state index is 0.404. The van der Waals surface area contributed by atoms with Crippen LogP contribution in [0.1, 0.15) is 19.4 Å². The Kier molecular flexibility index (Phi) is 4.47. The van der Waals surface area contributed by atoms with Crippen LogP contribution in [0.15, 0.2) is 24.3 Å². The maximum atomic E-state index is 5.61. The van der Waals surface area contributed by atoms with Gasteiger partial charge in [-0.1, -0.05) is 24.6 Å². The predicted molar refractivity (Wildman–Crippen MR) is 59.8 cm³/mol. The molecule has 1 aromatic rings. The fourth-order valence-corrected chi connectivity index (χ4v) is 1.26. The summed E-state index contributed by atoms with van der Waals surface area (Å²) < 4.78 is 5.61. The Hall–Kier alpha value is -1.02. The van der Waals surface area contributed by atoms with Gasteiger partial charge in [-0.3, -0.25) is 0 Å². The van der Waals surface area contributed by atoms with Crippen LogP contribution in [0.3, 0.4) is 0 Å². The molecule has 1 unspecified atom stereocenters. The molecule has 0 aliphatic heterocycles. The van der Waals surface area contributed by atoms with E-state index in [0.29, 0.717) is 6.04 Å². The van der Waals surface area contributed by atoms with Crippen LogP contribution in [0.2, 0.25) is 0 Å². The van der Waals surface area contributed by atoms with E-state index in [0.717, 1.165) is 18.9 Å². The SMILES string of the molecule is CCNC(C)COc1ccc(C)cc1. The molecule has 0 radical (unpaired) electrons. The number of nitrogens with one attached hydrogen (secondary N) is 1. The largest absolute Gasteiger partial charge is 0.492 e. The highest BCUT2D eigenvalue weighted by Crippen LogP contribution is 2.11. The maximum absolute atomic E-state index is 5.61. The van der Waals surface area contributed by atoms with Gasteiger partial charge in [-0.15, -0.1) is 0 Å². The Balaban J connectivity index is 2.34. The van der Waals surface area contributed by atoms with E-state index in [2.05, 4.69) is 38.2 Å². The van der Waals surface area contributed by atoms with E-state index < -0.39 is 0 Å². The highest BCUT2D eigenvalue weighted by atomic mass is 16.5. The summed E-state index contributed by atoms with van der Waals surface area (Å²) in [5, 5.41) is 3.30. The van der Waals surface area contributed by atoms with Gasteiger partial charge in [0.2, 0.25) is 0 Å². The zero-order chi connectivity index (χ0) is 10.4. The molecule has 0 aliphatic carbocycles. The predicted octanol–water partition coefficient (Wildman–Crippen LogP) is 2.37. The Morgan fingerprint density at radius 2 is 1.93 bits per heavy atom. The minimum Gasteiger partial charge on any atom is -0.492 e. The lowest BCUT2D eigenvalue weighted by Gasteiger charge is -2.13. The van der Waals surface area contributed by atoms with E-state index in [9.17, 15) is 0 Å². The molecule has 0 aliphatic rings. The quantitative estimate of drug-likeness (QED) is 0.775. The Morgan fingerprint density at radius 3 is 2.50 bits per heavy atom. The molecule has 0 bridgehead atoms. The average Bonchev–Trinajstić information content (AvgIpc) is 2.17. The van der Waals surface area contributed by atoms with Crippen LogP contribution in [-0.4, -0.2) is 19.2 Å². The zero-order valence-corrected chi connectivity index (χ0v) is 9.21. The third kappa shape index (κ3) is 3.79. The van der Waals surface area contributed by atoms with Gasteiger partial charge in [0.1, 0.15) is 12.4 Å². The fraction of sp³-hybridized carbons (Fsp3) is 0.500. The summed E-state index contributed by atoms with van der Waals surface area (Å²) in [5.41, 5.74) is 1.26. The number of ether oxygens (including phenoxy) is 1. The van der Waals surface area contributed by atoms with E-state index in [-0.39, 0.29) is 0 Å². The van der Waals surface area contributed by atoms with Gasteiger partial charge in [0.15, 0.2) is 0 Å². The second-order valence-electron chi connectivity index (χ2n) is 3.58. The van der Waals surface area contributed by atoms with E-state index >= 15 is 0 Å². The number of benzene rings is 1. The first-order valence-electron chi connectivity index (χ1n) is 5.15. The van der Waals surface area contributed by atoms with Gasteiger partial charge in [0, 0.05) is 6.04 Å². The number of aryl methyl sites for hydroxylation is 1. The zero-order valence-electron chi connectivity index (χ0n) is 9.21. The van der Waals surface area contributed by atoms with Crippen molar-refractivity contribution in [3.63, 3.8) is 0 Å². The fourth-order valence-electron chi connectivity index (χ4n) is 1.26. The van der Waals surface area contributed by atoms with Crippen molar-refractivity contribution in [3.05, 3.63) is 29.8 Å². The summed E-state index contributed by atoms with van der Waals surface area (Å²) in [7, 11) is 0. The van der Waals surface area contributed by atoms with E-state index in [1.807, 2.05) is 12.1 Å². The van der Waals surface area contributed by atoms with Crippen LogP contribution in [0.5, 0.6) is 5.75 Å². The molecule has 0 heterocycles. The average molecular weight is 193 g/mol. The van der Waals surface area contributed by atoms with Gasteiger partial charge in [0.05, 0.1) is 0 Å². The molecule has 0 saturated heterocycles. The van der Waals surface area contributed by atoms with Gasteiger partial charge in [-0.05, 0) is 32.5 Å². The van der Waals surface area contributed by atoms with Crippen LogP contribution in [0, 0.1) is 6.92 Å². The van der Waals surface area contributed by atoms with Crippen molar-refractivity contribution in [2.45, 2.75) is 26.8 Å². The van der Waals surface area contributed by atoms with Crippen molar-refractivity contribution in [1.82, 2.24) is 5.32 Å². The third-order valence-corrected chi connectivity index (χ3v) is 2.07. The van der Waals surface area contributed by atoms with Crippen LogP contribution in [0.4, 0.5) is 0 Å². The maximum Gasteiger partial charge on any atom is 0.119 e. The summed E-state index contributed by atoms with van der Waals surface area (Å²) in [6.07, 6.45) is 0. The lowest BCUT2D eigenvalue weighted by molar-refractivity contribution is 0.275. The number of hydrogen-bond acceptors (Lipinski definition) is 2. The highest BCUT2D eigenvalue weighted by Gasteiger charge is 2.00. The summed E-state index contributed by atoms with van der Waals surface area (Å²) in [6.45, 7) is 8.00. The van der Waals surface area contributed by atoms with Crippen molar-refractivity contribution in [2.24, 2.45) is 0 Å². The molecular weight excluding hydrogens is 174 g/mol. The molecule has 78 valence electrons. The first kappa shape index (κ1) is 11.1.